The molecule has 0 atom stereocenters. The van der Waals surface area contributed by atoms with Crippen molar-refractivity contribution < 1.29 is 18.8 Å². The monoisotopic (exact) mass is 339 g/mol. The Hall–Kier alpha value is -1.35. The number of hydrogen-bond acceptors (Lipinski definition) is 6. The van der Waals surface area contributed by atoms with Crippen LogP contribution in [0.25, 0.3) is 11.6 Å². The lowest BCUT2D eigenvalue weighted by Crippen LogP contribution is -3.14. The number of nitrogens with zero attached hydrogens (tertiary/aromatic N) is 3. The molecular formula is C15H23N4O3S+. The largest absolute Gasteiger partial charge is 0.461 e. The molecule has 7 nitrogen and oxygen atoms in total. The molecule has 1 aliphatic rings. The summed E-state index contributed by atoms with van der Waals surface area (Å²) in [7, 11) is 1.70. The highest BCUT2D eigenvalue weighted by molar-refractivity contribution is 7.99. The Morgan fingerprint density at radius 2 is 2.22 bits per heavy atom. The molecule has 0 spiro atoms. The lowest BCUT2D eigenvalue weighted by Gasteiger charge is -2.23. The van der Waals surface area contributed by atoms with Crippen molar-refractivity contribution in [1.29, 1.82) is 0 Å². The Morgan fingerprint density at radius 3 is 2.96 bits per heavy atom. The van der Waals surface area contributed by atoms with Gasteiger partial charge in [0, 0.05) is 7.11 Å². The van der Waals surface area contributed by atoms with Gasteiger partial charge in [0.05, 0.1) is 44.9 Å². The Balaban J connectivity index is 1.63. The first kappa shape index (κ1) is 16.5. The van der Waals surface area contributed by atoms with E-state index in [0.717, 1.165) is 55.3 Å². The average Bonchev–Trinajstić information content (AvgIpc) is 3.23. The number of ether oxygens (including phenoxy) is 2. The first-order chi connectivity index (χ1) is 11.4. The molecule has 0 amide bonds. The van der Waals surface area contributed by atoms with Gasteiger partial charge in [-0.05, 0) is 12.1 Å². The van der Waals surface area contributed by atoms with E-state index in [1.807, 2.05) is 12.1 Å². The second-order valence-corrected chi connectivity index (χ2v) is 6.45. The van der Waals surface area contributed by atoms with Crippen molar-refractivity contribution in [3.63, 3.8) is 0 Å². The van der Waals surface area contributed by atoms with Gasteiger partial charge in [0.2, 0.25) is 5.82 Å². The zero-order chi connectivity index (χ0) is 15.9. The number of morpholine rings is 1. The van der Waals surface area contributed by atoms with Gasteiger partial charge in [0.25, 0.3) is 0 Å². The molecule has 0 unspecified atom stereocenters. The number of furan rings is 1. The van der Waals surface area contributed by atoms with Crippen LogP contribution in [-0.4, -0.2) is 67.1 Å². The van der Waals surface area contributed by atoms with Crippen molar-refractivity contribution in [3.8, 4) is 11.6 Å². The molecule has 1 aliphatic heterocycles. The van der Waals surface area contributed by atoms with Crippen LogP contribution in [0.1, 0.15) is 0 Å². The van der Waals surface area contributed by atoms with Crippen LogP contribution in [-0.2, 0) is 16.0 Å². The molecule has 2 aromatic heterocycles. The lowest BCUT2D eigenvalue weighted by molar-refractivity contribution is -0.905. The molecule has 1 N–H and O–H groups in total. The molecule has 0 saturated carbocycles. The third kappa shape index (κ3) is 4.35. The van der Waals surface area contributed by atoms with Crippen LogP contribution in [0, 0.1) is 0 Å². The highest BCUT2D eigenvalue weighted by Crippen LogP contribution is 2.23. The lowest BCUT2D eigenvalue weighted by atomic mass is 10.4. The van der Waals surface area contributed by atoms with Gasteiger partial charge in [-0.15, -0.1) is 10.2 Å². The summed E-state index contributed by atoms with van der Waals surface area (Å²) in [5, 5.41) is 9.54. The maximum absolute atomic E-state index is 5.46. The minimum absolute atomic E-state index is 0.619. The summed E-state index contributed by atoms with van der Waals surface area (Å²) >= 11 is 1.74. The minimum atomic E-state index is 0.619. The standard InChI is InChI=1S/C15H22N4O3S/c1-20-9-6-19-14(13-3-2-8-22-13)16-17-15(19)23-12-7-18-4-10-21-11-5-18/h2-3,8H,4-7,9-12H2,1H3/p+1. The van der Waals surface area contributed by atoms with Crippen LogP contribution >= 0.6 is 11.8 Å². The summed E-state index contributed by atoms with van der Waals surface area (Å²) in [5.74, 6) is 2.51. The normalized spacial score (nSPS) is 16.0. The van der Waals surface area contributed by atoms with Crippen LogP contribution in [0.4, 0.5) is 0 Å². The number of methoxy groups -OCH3 is 1. The van der Waals surface area contributed by atoms with Gasteiger partial charge in [-0.2, -0.15) is 0 Å². The van der Waals surface area contributed by atoms with E-state index in [1.165, 1.54) is 0 Å². The third-order valence-electron chi connectivity index (χ3n) is 3.86. The van der Waals surface area contributed by atoms with Gasteiger partial charge in [-0.3, -0.25) is 4.57 Å². The summed E-state index contributed by atoms with van der Waals surface area (Å²) in [6, 6.07) is 3.76. The molecule has 0 aromatic carbocycles. The van der Waals surface area contributed by atoms with Crippen LogP contribution in [0.5, 0.6) is 0 Å². The van der Waals surface area contributed by atoms with Gasteiger partial charge >= 0.3 is 0 Å². The summed E-state index contributed by atoms with van der Waals surface area (Å²) < 4.78 is 18.1. The smallest absolute Gasteiger partial charge is 0.200 e. The minimum Gasteiger partial charge on any atom is -0.461 e. The van der Waals surface area contributed by atoms with Crippen molar-refractivity contribution >= 4 is 11.8 Å². The maximum Gasteiger partial charge on any atom is 0.200 e. The van der Waals surface area contributed by atoms with Crippen molar-refractivity contribution in [1.82, 2.24) is 14.8 Å². The van der Waals surface area contributed by atoms with Gasteiger partial charge in [0.15, 0.2) is 10.9 Å². The van der Waals surface area contributed by atoms with E-state index in [4.69, 9.17) is 13.9 Å². The quantitative estimate of drug-likeness (QED) is 0.693. The molecule has 8 heteroatoms. The van der Waals surface area contributed by atoms with E-state index < -0.39 is 0 Å². The van der Waals surface area contributed by atoms with Crippen LogP contribution in [0.3, 0.4) is 0 Å². The second kappa shape index (κ2) is 8.49. The van der Waals surface area contributed by atoms with E-state index in [0.29, 0.717) is 13.2 Å². The number of nitrogens with one attached hydrogen (secondary N) is 1. The summed E-state index contributed by atoms with van der Waals surface area (Å²) in [5.41, 5.74) is 0. The highest BCUT2D eigenvalue weighted by atomic mass is 32.2. The zero-order valence-electron chi connectivity index (χ0n) is 13.4. The number of hydrogen-bond donors (Lipinski definition) is 1. The van der Waals surface area contributed by atoms with E-state index in [-0.39, 0.29) is 0 Å². The Kier molecular flexibility index (Phi) is 6.09. The molecule has 3 heterocycles. The zero-order valence-corrected chi connectivity index (χ0v) is 14.2. The van der Waals surface area contributed by atoms with E-state index >= 15 is 0 Å². The summed E-state index contributed by atoms with van der Waals surface area (Å²) in [6.07, 6.45) is 1.65. The molecular weight excluding hydrogens is 316 g/mol. The first-order valence-electron chi connectivity index (χ1n) is 7.88. The molecule has 1 saturated heterocycles. The third-order valence-corrected chi connectivity index (χ3v) is 4.83. The highest BCUT2D eigenvalue weighted by Gasteiger charge is 2.18. The first-order valence-corrected chi connectivity index (χ1v) is 8.87. The van der Waals surface area contributed by atoms with Gasteiger partial charge in [-0.1, -0.05) is 11.8 Å². The van der Waals surface area contributed by atoms with Gasteiger partial charge in [-0.25, -0.2) is 0 Å². The van der Waals surface area contributed by atoms with Gasteiger partial charge < -0.3 is 18.8 Å². The SMILES string of the molecule is COCCn1c(SCC[NH+]2CCOCC2)nnc1-c1ccco1. The fourth-order valence-corrected chi connectivity index (χ4v) is 3.57. The molecule has 0 radical (unpaired) electrons. The van der Waals surface area contributed by atoms with E-state index in [2.05, 4.69) is 14.8 Å². The van der Waals surface area contributed by atoms with Crippen molar-refractivity contribution in [3.05, 3.63) is 18.4 Å². The predicted octanol–water partition coefficient (Wildman–Crippen LogP) is 0.192. The summed E-state index contributed by atoms with van der Waals surface area (Å²) in [4.78, 5) is 1.60. The fourth-order valence-electron chi connectivity index (χ4n) is 2.56. The number of aromatic nitrogens is 3. The van der Waals surface area contributed by atoms with Crippen LogP contribution in [0.2, 0.25) is 0 Å². The van der Waals surface area contributed by atoms with Crippen molar-refractivity contribution in [2.24, 2.45) is 0 Å². The molecule has 126 valence electrons. The van der Waals surface area contributed by atoms with Crippen LogP contribution < -0.4 is 4.90 Å². The Bertz CT molecular complexity index is 582. The van der Waals surface area contributed by atoms with Gasteiger partial charge in [0.1, 0.15) is 13.1 Å². The average molecular weight is 339 g/mol. The maximum atomic E-state index is 5.46. The Morgan fingerprint density at radius 1 is 1.35 bits per heavy atom. The molecule has 1 fully saturated rings. The molecule has 0 bridgehead atoms. The topological polar surface area (TPSA) is 66.8 Å². The Labute approximate surface area is 139 Å². The summed E-state index contributed by atoms with van der Waals surface area (Å²) in [6.45, 7) is 6.37. The van der Waals surface area contributed by atoms with E-state index in [1.54, 1.807) is 30.0 Å². The fraction of sp³-hybridized carbons (Fsp3) is 0.600. The number of rotatable bonds is 8. The predicted molar refractivity (Wildman–Crippen MR) is 86.7 cm³/mol. The molecule has 23 heavy (non-hydrogen) atoms. The second-order valence-electron chi connectivity index (χ2n) is 5.39. The molecule has 3 rings (SSSR count). The van der Waals surface area contributed by atoms with Crippen molar-refractivity contribution in [2.45, 2.75) is 11.7 Å². The van der Waals surface area contributed by atoms with Crippen LogP contribution in [0.15, 0.2) is 28.0 Å². The number of quaternary nitrogens is 1. The van der Waals surface area contributed by atoms with E-state index in [9.17, 15) is 0 Å². The number of thioether (sulfide) groups is 1. The van der Waals surface area contributed by atoms with Crippen molar-refractivity contribution in [2.75, 3.05) is 52.3 Å². The molecule has 2 aromatic rings. The molecule has 0 aliphatic carbocycles.